The molecule has 0 fully saturated rings. The van der Waals surface area contributed by atoms with E-state index < -0.39 is 35.8 Å². The van der Waals surface area contributed by atoms with Crippen LogP contribution in [0.15, 0.2) is 43.0 Å². The molecule has 0 radical (unpaired) electrons. The van der Waals surface area contributed by atoms with Gasteiger partial charge in [-0.1, -0.05) is 36.4 Å². The highest BCUT2D eigenvalue weighted by atomic mass is 16.2. The molecule has 0 bridgehead atoms. The van der Waals surface area contributed by atoms with Crippen molar-refractivity contribution < 1.29 is 19.2 Å². The van der Waals surface area contributed by atoms with E-state index in [-0.39, 0.29) is 18.7 Å². The monoisotopic (exact) mass is 488 g/mol. The van der Waals surface area contributed by atoms with Crippen LogP contribution in [-0.2, 0) is 25.6 Å². The summed E-state index contributed by atoms with van der Waals surface area (Å²) in [4.78, 5) is 50.3. The molecule has 0 aromatic heterocycles. The van der Waals surface area contributed by atoms with Crippen molar-refractivity contribution in [3.05, 3.63) is 48.6 Å². The molecule has 4 amide bonds. The second kappa shape index (κ2) is 17.2. The molecule has 10 nitrogen and oxygen atoms in total. The van der Waals surface area contributed by atoms with Gasteiger partial charge < -0.3 is 33.2 Å². The summed E-state index contributed by atoms with van der Waals surface area (Å²) in [5, 5.41) is 8.12. The van der Waals surface area contributed by atoms with Gasteiger partial charge in [-0.2, -0.15) is 0 Å². The largest absolute Gasteiger partial charge is 0.368 e. The van der Waals surface area contributed by atoms with Crippen LogP contribution in [0.25, 0.3) is 0 Å². The molecule has 1 rings (SSSR count). The van der Waals surface area contributed by atoms with E-state index in [2.05, 4.69) is 22.5 Å². The maximum Gasteiger partial charge on any atom is 0.243 e. The Bertz CT molecular complexity index is 817. The smallest absolute Gasteiger partial charge is 0.243 e. The minimum atomic E-state index is -0.977. The molecule has 0 saturated heterocycles. The van der Waals surface area contributed by atoms with Gasteiger partial charge in [0.05, 0.1) is 0 Å². The van der Waals surface area contributed by atoms with Crippen LogP contribution in [0.3, 0.4) is 0 Å². The predicted octanol–water partition coefficient (Wildman–Crippen LogP) is 0.00290. The van der Waals surface area contributed by atoms with Gasteiger partial charge in [-0.15, -0.1) is 6.58 Å². The van der Waals surface area contributed by atoms with E-state index in [1.165, 1.54) is 6.08 Å². The van der Waals surface area contributed by atoms with Crippen LogP contribution in [0.4, 0.5) is 0 Å². The molecule has 194 valence electrons. The Morgan fingerprint density at radius 1 is 0.800 bits per heavy atom. The van der Waals surface area contributed by atoms with Gasteiger partial charge in [0.2, 0.25) is 23.6 Å². The third kappa shape index (κ3) is 12.2. The SMILES string of the molecule is C=CCC(=O)N[C@@H](CCCCN)C(=O)N[C@@H](Cc1ccccc1)C(=O)N[C@@H](CCCCN)C(N)=O. The molecule has 35 heavy (non-hydrogen) atoms. The summed E-state index contributed by atoms with van der Waals surface area (Å²) >= 11 is 0. The summed E-state index contributed by atoms with van der Waals surface area (Å²) < 4.78 is 0. The quantitative estimate of drug-likeness (QED) is 0.125. The molecule has 3 atom stereocenters. The normalized spacial score (nSPS) is 13.2. The van der Waals surface area contributed by atoms with E-state index in [1.54, 1.807) is 0 Å². The summed E-state index contributed by atoms with van der Waals surface area (Å²) in [6.07, 6.45) is 5.07. The highest BCUT2D eigenvalue weighted by Gasteiger charge is 2.29. The maximum atomic E-state index is 13.2. The first-order chi connectivity index (χ1) is 16.8. The molecule has 0 spiro atoms. The Labute approximate surface area is 207 Å². The standard InChI is InChI=1S/C25H40N6O4/c1-2-10-22(32)29-20(14-7-9-16-27)24(34)31-21(17-18-11-4-3-5-12-18)25(35)30-19(23(28)33)13-6-8-15-26/h2-5,11-12,19-21H,1,6-10,13-17,26-27H2,(H2,28,33)(H,29,32)(H,30,35)(H,31,34)/t19-,20-,21-/m0/s1. The third-order valence-corrected chi connectivity index (χ3v) is 5.45. The number of primary amides is 1. The number of hydrogen-bond acceptors (Lipinski definition) is 6. The van der Waals surface area contributed by atoms with Gasteiger partial charge in [0.15, 0.2) is 0 Å². The average Bonchev–Trinajstić information content (AvgIpc) is 2.83. The molecule has 0 aliphatic carbocycles. The number of hydrogen-bond donors (Lipinski definition) is 6. The van der Waals surface area contributed by atoms with E-state index in [0.29, 0.717) is 51.6 Å². The van der Waals surface area contributed by atoms with Gasteiger partial charge in [-0.25, -0.2) is 0 Å². The van der Waals surface area contributed by atoms with Crippen molar-refractivity contribution in [3.8, 4) is 0 Å². The number of nitrogens with one attached hydrogen (secondary N) is 3. The van der Waals surface area contributed by atoms with Gasteiger partial charge in [0.1, 0.15) is 18.1 Å². The number of unbranched alkanes of at least 4 members (excludes halogenated alkanes) is 2. The summed E-state index contributed by atoms with van der Waals surface area (Å²) in [5.74, 6) is -2.02. The summed E-state index contributed by atoms with van der Waals surface area (Å²) in [6.45, 7) is 4.47. The Kier molecular flexibility index (Phi) is 14.7. The van der Waals surface area contributed by atoms with Crippen LogP contribution in [0.2, 0.25) is 0 Å². The Hall–Kier alpha value is -3.24. The van der Waals surface area contributed by atoms with E-state index in [0.717, 1.165) is 5.56 Å². The number of carbonyl (C=O) groups is 4. The van der Waals surface area contributed by atoms with Crippen LogP contribution in [0.1, 0.15) is 50.5 Å². The summed E-state index contributed by atoms with van der Waals surface area (Å²) in [6, 6.07) is 6.49. The fourth-order valence-corrected chi connectivity index (χ4v) is 3.53. The maximum absolute atomic E-state index is 13.2. The number of benzene rings is 1. The van der Waals surface area contributed by atoms with Crippen molar-refractivity contribution in [1.82, 2.24) is 16.0 Å². The van der Waals surface area contributed by atoms with Crippen LogP contribution in [0, 0.1) is 0 Å². The lowest BCUT2D eigenvalue weighted by molar-refractivity contribution is -0.133. The molecule has 0 saturated carbocycles. The zero-order chi connectivity index (χ0) is 26.1. The van der Waals surface area contributed by atoms with Gasteiger partial charge in [0, 0.05) is 12.8 Å². The second-order valence-corrected chi connectivity index (χ2v) is 8.40. The lowest BCUT2D eigenvalue weighted by Crippen LogP contribution is -2.57. The van der Waals surface area contributed by atoms with Crippen molar-refractivity contribution in [1.29, 1.82) is 0 Å². The molecule has 0 aliphatic rings. The van der Waals surface area contributed by atoms with Crippen molar-refractivity contribution in [2.45, 2.75) is 69.5 Å². The van der Waals surface area contributed by atoms with Crippen molar-refractivity contribution >= 4 is 23.6 Å². The predicted molar refractivity (Wildman–Crippen MR) is 136 cm³/mol. The van der Waals surface area contributed by atoms with Crippen molar-refractivity contribution in [2.24, 2.45) is 17.2 Å². The summed E-state index contributed by atoms with van der Waals surface area (Å²) in [7, 11) is 0. The van der Waals surface area contributed by atoms with E-state index in [4.69, 9.17) is 17.2 Å². The molecule has 9 N–H and O–H groups in total. The number of nitrogens with two attached hydrogens (primary N) is 3. The molecular weight excluding hydrogens is 448 g/mol. The van der Waals surface area contributed by atoms with Crippen molar-refractivity contribution in [3.63, 3.8) is 0 Å². The Morgan fingerprint density at radius 2 is 1.34 bits per heavy atom. The Balaban J connectivity index is 3.03. The van der Waals surface area contributed by atoms with E-state index in [1.807, 2.05) is 30.3 Å². The van der Waals surface area contributed by atoms with E-state index in [9.17, 15) is 19.2 Å². The van der Waals surface area contributed by atoms with Crippen molar-refractivity contribution in [2.75, 3.05) is 13.1 Å². The first-order valence-corrected chi connectivity index (χ1v) is 12.1. The topological polar surface area (TPSA) is 182 Å². The highest BCUT2D eigenvalue weighted by molar-refractivity contribution is 5.94. The number of amides is 4. The minimum absolute atomic E-state index is 0.0672. The molecule has 1 aromatic rings. The highest BCUT2D eigenvalue weighted by Crippen LogP contribution is 2.08. The Morgan fingerprint density at radius 3 is 1.89 bits per heavy atom. The second-order valence-electron chi connectivity index (χ2n) is 8.40. The van der Waals surface area contributed by atoms with Gasteiger partial charge in [-0.3, -0.25) is 19.2 Å². The molecule has 0 heterocycles. The summed E-state index contributed by atoms with van der Waals surface area (Å²) in [5.41, 5.74) is 17.4. The molecular formula is C25H40N6O4. The zero-order valence-corrected chi connectivity index (χ0v) is 20.3. The lowest BCUT2D eigenvalue weighted by Gasteiger charge is -2.25. The minimum Gasteiger partial charge on any atom is -0.368 e. The van der Waals surface area contributed by atoms with Crippen LogP contribution in [0.5, 0.6) is 0 Å². The van der Waals surface area contributed by atoms with Gasteiger partial charge >= 0.3 is 0 Å². The molecule has 1 aromatic carbocycles. The van der Waals surface area contributed by atoms with Gasteiger partial charge in [-0.05, 0) is 57.2 Å². The number of rotatable bonds is 18. The molecule has 0 unspecified atom stereocenters. The first-order valence-electron chi connectivity index (χ1n) is 12.1. The van der Waals surface area contributed by atoms with Crippen LogP contribution < -0.4 is 33.2 Å². The number of carbonyl (C=O) groups excluding carboxylic acids is 4. The fourth-order valence-electron chi connectivity index (χ4n) is 3.53. The zero-order valence-electron chi connectivity index (χ0n) is 20.3. The lowest BCUT2D eigenvalue weighted by atomic mass is 10.0. The van der Waals surface area contributed by atoms with E-state index >= 15 is 0 Å². The van der Waals surface area contributed by atoms with Crippen LogP contribution >= 0.6 is 0 Å². The fraction of sp³-hybridized carbons (Fsp3) is 0.520. The van der Waals surface area contributed by atoms with Crippen LogP contribution in [-0.4, -0.2) is 54.8 Å². The first kappa shape index (κ1) is 29.8. The molecule has 10 heteroatoms. The molecule has 0 aliphatic heterocycles. The third-order valence-electron chi connectivity index (χ3n) is 5.45. The van der Waals surface area contributed by atoms with Gasteiger partial charge in [0.25, 0.3) is 0 Å². The average molecular weight is 489 g/mol.